The molecule has 1 N–H and O–H groups in total. The third-order valence-electron chi connectivity index (χ3n) is 6.77. The predicted molar refractivity (Wildman–Crippen MR) is 132 cm³/mol. The number of rotatable bonds is 6. The van der Waals surface area contributed by atoms with E-state index < -0.39 is 45.0 Å². The van der Waals surface area contributed by atoms with Gasteiger partial charge in [-0.15, -0.1) is 0 Å². The number of carbonyl (C=O) groups excluding carboxylic acids is 1. The van der Waals surface area contributed by atoms with Crippen LogP contribution in [0.25, 0.3) is 0 Å². The van der Waals surface area contributed by atoms with Crippen molar-refractivity contribution in [2.24, 2.45) is 5.92 Å². The van der Waals surface area contributed by atoms with Crippen LogP contribution in [0.1, 0.15) is 44.7 Å². The normalized spacial score (nSPS) is 25.1. The molecule has 202 valence electrons. The van der Waals surface area contributed by atoms with E-state index >= 15 is 0 Å². The summed E-state index contributed by atoms with van der Waals surface area (Å²) in [5, 5.41) is 0. The Labute approximate surface area is 215 Å². The molecular weight excluding hydrogens is 509 g/mol. The molecule has 3 atom stereocenters. The highest BCUT2D eigenvalue weighted by molar-refractivity contribution is 7.87. The summed E-state index contributed by atoms with van der Waals surface area (Å²) < 4.78 is 75.0. The molecule has 12 heteroatoms. The number of alkyl halides is 3. The van der Waals surface area contributed by atoms with Gasteiger partial charge >= 0.3 is 12.1 Å². The van der Waals surface area contributed by atoms with Gasteiger partial charge in [-0.1, -0.05) is 37.3 Å². The maximum atomic E-state index is 13.5. The van der Waals surface area contributed by atoms with Crippen molar-refractivity contribution < 1.29 is 31.1 Å². The summed E-state index contributed by atoms with van der Waals surface area (Å²) in [5.74, 6) is -1.02. The minimum absolute atomic E-state index is 0.0762. The van der Waals surface area contributed by atoms with Crippen LogP contribution >= 0.6 is 0 Å². The third-order valence-corrected chi connectivity index (χ3v) is 8.41. The third kappa shape index (κ3) is 5.60. The number of pyridine rings is 1. The molecular formula is C25H31F3N4O4S. The molecule has 2 aliphatic rings. The average molecular weight is 541 g/mol. The van der Waals surface area contributed by atoms with Crippen LogP contribution in [0.4, 0.5) is 19.0 Å². The zero-order valence-corrected chi connectivity index (χ0v) is 21.9. The molecule has 2 fully saturated rings. The van der Waals surface area contributed by atoms with Crippen molar-refractivity contribution in [1.82, 2.24) is 14.0 Å². The van der Waals surface area contributed by atoms with Crippen LogP contribution in [-0.2, 0) is 25.9 Å². The Balaban J connectivity index is 1.50. The molecule has 0 amide bonds. The minimum Gasteiger partial charge on any atom is -0.459 e. The van der Waals surface area contributed by atoms with E-state index in [2.05, 4.69) is 9.71 Å². The lowest BCUT2D eigenvalue weighted by atomic mass is 10.1. The smallest absolute Gasteiger partial charge is 0.417 e. The van der Waals surface area contributed by atoms with Crippen LogP contribution < -0.4 is 9.62 Å². The van der Waals surface area contributed by atoms with Gasteiger partial charge in [0.25, 0.3) is 10.2 Å². The first-order valence-electron chi connectivity index (χ1n) is 12.0. The zero-order chi connectivity index (χ0) is 27.2. The highest BCUT2D eigenvalue weighted by Gasteiger charge is 2.71. The number of nitrogens with zero attached hydrogens (tertiary/aromatic N) is 3. The Morgan fingerprint density at radius 3 is 2.19 bits per heavy atom. The van der Waals surface area contributed by atoms with E-state index in [0.29, 0.717) is 5.82 Å². The molecule has 37 heavy (non-hydrogen) atoms. The van der Waals surface area contributed by atoms with Crippen LogP contribution in [0.3, 0.4) is 0 Å². The van der Waals surface area contributed by atoms with Crippen molar-refractivity contribution in [3.05, 3.63) is 59.8 Å². The fourth-order valence-corrected chi connectivity index (χ4v) is 6.42. The van der Waals surface area contributed by atoms with Crippen LogP contribution in [0, 0.1) is 5.92 Å². The fourth-order valence-electron chi connectivity index (χ4n) is 4.82. The summed E-state index contributed by atoms with van der Waals surface area (Å²) in [6.07, 6.45) is -3.71. The first-order chi connectivity index (χ1) is 17.1. The van der Waals surface area contributed by atoms with Crippen molar-refractivity contribution in [3.63, 3.8) is 0 Å². The van der Waals surface area contributed by atoms with Crippen LogP contribution in [0.2, 0.25) is 0 Å². The van der Waals surface area contributed by atoms with Crippen LogP contribution in [-0.4, -0.2) is 61.0 Å². The number of nitrogens with one attached hydrogen (secondary N) is 1. The number of hydrogen-bond donors (Lipinski definition) is 1. The Morgan fingerprint density at radius 1 is 1.05 bits per heavy atom. The van der Waals surface area contributed by atoms with Gasteiger partial charge in [0.2, 0.25) is 0 Å². The van der Waals surface area contributed by atoms with Crippen molar-refractivity contribution in [3.8, 4) is 0 Å². The number of piperazine rings is 1. The summed E-state index contributed by atoms with van der Waals surface area (Å²) in [4.78, 5) is 19.0. The maximum absolute atomic E-state index is 13.5. The molecule has 0 radical (unpaired) electrons. The maximum Gasteiger partial charge on any atom is 0.417 e. The van der Waals surface area contributed by atoms with E-state index in [4.69, 9.17) is 4.74 Å². The van der Waals surface area contributed by atoms with E-state index in [-0.39, 0.29) is 32.1 Å². The largest absolute Gasteiger partial charge is 0.459 e. The number of ether oxygens (including phenoxy) is 1. The molecule has 0 bridgehead atoms. The predicted octanol–water partition coefficient (Wildman–Crippen LogP) is 3.57. The molecule has 1 saturated heterocycles. The summed E-state index contributed by atoms with van der Waals surface area (Å²) in [6.45, 7) is 7.62. The van der Waals surface area contributed by atoms with Gasteiger partial charge in [0.1, 0.15) is 17.0 Å². The van der Waals surface area contributed by atoms with E-state index in [9.17, 15) is 26.4 Å². The van der Waals surface area contributed by atoms with E-state index in [1.54, 1.807) is 25.7 Å². The summed E-state index contributed by atoms with van der Waals surface area (Å²) in [6, 6.07) is 11.5. The highest BCUT2D eigenvalue weighted by Crippen LogP contribution is 2.58. The van der Waals surface area contributed by atoms with Crippen molar-refractivity contribution in [1.29, 1.82) is 0 Å². The quantitative estimate of drug-likeness (QED) is 0.564. The highest BCUT2D eigenvalue weighted by atomic mass is 32.2. The molecule has 1 unspecified atom stereocenters. The van der Waals surface area contributed by atoms with Crippen LogP contribution in [0.15, 0.2) is 48.7 Å². The lowest BCUT2D eigenvalue weighted by Gasteiger charge is -2.35. The van der Waals surface area contributed by atoms with Gasteiger partial charge in [0.05, 0.1) is 5.56 Å². The van der Waals surface area contributed by atoms with Crippen LogP contribution in [0.5, 0.6) is 0 Å². The Kier molecular flexibility index (Phi) is 7.06. The molecule has 2 aromatic rings. The van der Waals surface area contributed by atoms with Gasteiger partial charge in [-0.2, -0.15) is 30.6 Å². The van der Waals surface area contributed by atoms with E-state index in [1.165, 1.54) is 10.4 Å². The molecule has 1 aliphatic heterocycles. The number of anilines is 1. The SMILES string of the molecule is C[C@H]1C(c2ccccc2)[C@]1(NS(=O)(=O)N1CCN(c2ccc(C(F)(F)F)cn2)CC1)C(=O)OC(C)(C)C. The number of halogens is 3. The molecule has 1 aromatic carbocycles. The Morgan fingerprint density at radius 2 is 1.68 bits per heavy atom. The van der Waals surface area contributed by atoms with Gasteiger partial charge in [-0.3, -0.25) is 0 Å². The molecule has 8 nitrogen and oxygen atoms in total. The lowest BCUT2D eigenvalue weighted by Crippen LogP contribution is -2.57. The van der Waals surface area contributed by atoms with E-state index in [0.717, 1.165) is 17.8 Å². The molecule has 2 heterocycles. The molecule has 4 rings (SSSR count). The van der Waals surface area contributed by atoms with Gasteiger partial charge in [0, 0.05) is 38.3 Å². The average Bonchev–Trinajstić information content (AvgIpc) is 3.41. The monoisotopic (exact) mass is 540 g/mol. The number of benzene rings is 1. The molecule has 1 aliphatic carbocycles. The topological polar surface area (TPSA) is 91.8 Å². The number of hydrogen-bond acceptors (Lipinski definition) is 6. The Bertz CT molecular complexity index is 1230. The lowest BCUT2D eigenvalue weighted by molar-refractivity contribution is -0.158. The van der Waals surface area contributed by atoms with Gasteiger partial charge < -0.3 is 9.64 Å². The van der Waals surface area contributed by atoms with Crippen molar-refractivity contribution in [2.45, 2.75) is 50.9 Å². The minimum atomic E-state index is -4.48. The number of aromatic nitrogens is 1. The van der Waals surface area contributed by atoms with Crippen molar-refractivity contribution >= 4 is 22.0 Å². The summed E-state index contributed by atoms with van der Waals surface area (Å²) >= 11 is 0. The Hall–Kier alpha value is -2.70. The van der Waals surface area contributed by atoms with Crippen molar-refractivity contribution in [2.75, 3.05) is 31.1 Å². The summed E-state index contributed by atoms with van der Waals surface area (Å²) in [5.41, 5.74) is -2.26. The fraction of sp³-hybridized carbons (Fsp3) is 0.520. The molecule has 0 spiro atoms. The number of esters is 1. The van der Waals surface area contributed by atoms with Gasteiger partial charge in [0.15, 0.2) is 0 Å². The second-order valence-corrected chi connectivity index (χ2v) is 12.1. The first kappa shape index (κ1) is 27.3. The second kappa shape index (κ2) is 9.55. The van der Waals surface area contributed by atoms with Gasteiger partial charge in [-0.05, 0) is 44.4 Å². The second-order valence-electron chi connectivity index (χ2n) is 10.4. The molecule has 1 aromatic heterocycles. The summed E-state index contributed by atoms with van der Waals surface area (Å²) in [7, 11) is -4.10. The molecule has 1 saturated carbocycles. The van der Waals surface area contributed by atoms with Gasteiger partial charge in [-0.25, -0.2) is 9.78 Å². The van der Waals surface area contributed by atoms with E-state index in [1.807, 2.05) is 37.3 Å². The number of carbonyl (C=O) groups is 1. The standard InChI is InChI=1S/C25H31F3N4O4S/c1-17-21(18-8-6-5-7-9-18)24(17,22(33)36-23(2,3)4)30-37(34,35)32-14-12-31(13-15-32)20-11-10-19(16-29-20)25(26,27)28/h5-11,16-17,21,30H,12-15H2,1-4H3/t17-,21?,24-/m0/s1. The zero-order valence-electron chi connectivity index (χ0n) is 21.1. The first-order valence-corrected chi connectivity index (χ1v) is 13.4.